The molecule has 2 aromatic rings. The summed E-state index contributed by atoms with van der Waals surface area (Å²) < 4.78 is 40.2. The molecule has 0 radical (unpaired) electrons. The second kappa shape index (κ2) is 6.70. The first-order valence-electron chi connectivity index (χ1n) is 7.87. The molecule has 26 heavy (non-hydrogen) atoms. The van der Waals surface area contributed by atoms with Gasteiger partial charge in [-0.1, -0.05) is 0 Å². The molecule has 0 aliphatic carbocycles. The molecular formula is C18H16F3N3O2. The molecule has 5 nitrogen and oxygen atoms in total. The van der Waals surface area contributed by atoms with Crippen LogP contribution in [0.25, 0.3) is 0 Å². The molecule has 0 spiro atoms. The number of amides is 2. The number of carbonyl (C=O) groups is 2. The van der Waals surface area contributed by atoms with Crippen LogP contribution in [0, 0.1) is 17.5 Å². The van der Waals surface area contributed by atoms with Gasteiger partial charge >= 0.3 is 0 Å². The molecule has 136 valence electrons. The van der Waals surface area contributed by atoms with Crippen LogP contribution in [-0.2, 0) is 11.3 Å². The molecule has 3 rings (SSSR count). The fourth-order valence-electron chi connectivity index (χ4n) is 2.72. The lowest BCUT2D eigenvalue weighted by atomic mass is 10.1. The van der Waals surface area contributed by atoms with Crippen molar-refractivity contribution >= 4 is 23.2 Å². The van der Waals surface area contributed by atoms with Crippen LogP contribution in [0.3, 0.4) is 0 Å². The van der Waals surface area contributed by atoms with E-state index >= 15 is 0 Å². The molecule has 1 aliphatic rings. The maximum Gasteiger partial charge on any atom is 0.251 e. The van der Waals surface area contributed by atoms with Crippen LogP contribution in [0.15, 0.2) is 30.3 Å². The summed E-state index contributed by atoms with van der Waals surface area (Å²) in [7, 11) is 1.77. The molecule has 8 heteroatoms. The van der Waals surface area contributed by atoms with Gasteiger partial charge in [0.1, 0.15) is 23.5 Å². The molecular weight excluding hydrogens is 347 g/mol. The molecule has 0 saturated heterocycles. The summed E-state index contributed by atoms with van der Waals surface area (Å²) in [6.45, 7) is 1.32. The standard InChI is InChI=1S/C18H16F3N3O2/c1-9-17(25)23-15-5-10(3-4-16(15)24(9)2)18(26)22-8-12-13(20)6-11(19)7-14(12)21/h3-7,9H,8H2,1-2H3,(H,22,26)(H,23,25). The van der Waals surface area contributed by atoms with Gasteiger partial charge in [0.15, 0.2) is 0 Å². The normalized spacial score (nSPS) is 16.1. The molecule has 0 saturated carbocycles. The van der Waals surface area contributed by atoms with Crippen molar-refractivity contribution in [3.05, 3.63) is 58.9 Å². The van der Waals surface area contributed by atoms with Crippen LogP contribution in [-0.4, -0.2) is 24.9 Å². The van der Waals surface area contributed by atoms with Gasteiger partial charge < -0.3 is 15.5 Å². The number of rotatable bonds is 3. The van der Waals surface area contributed by atoms with Gasteiger partial charge in [-0.15, -0.1) is 0 Å². The van der Waals surface area contributed by atoms with E-state index < -0.39 is 35.5 Å². The molecule has 0 bridgehead atoms. The van der Waals surface area contributed by atoms with E-state index in [2.05, 4.69) is 10.6 Å². The Bertz CT molecular complexity index is 878. The summed E-state index contributed by atoms with van der Waals surface area (Å²) >= 11 is 0. The zero-order valence-corrected chi connectivity index (χ0v) is 14.1. The Labute approximate surface area is 147 Å². The van der Waals surface area contributed by atoms with Crippen LogP contribution in [0.2, 0.25) is 0 Å². The lowest BCUT2D eigenvalue weighted by Crippen LogP contribution is -2.43. The van der Waals surface area contributed by atoms with Crippen molar-refractivity contribution in [2.24, 2.45) is 0 Å². The number of nitrogens with one attached hydrogen (secondary N) is 2. The van der Waals surface area contributed by atoms with E-state index in [0.717, 1.165) is 5.69 Å². The number of hydrogen-bond donors (Lipinski definition) is 2. The number of nitrogens with zero attached hydrogens (tertiary/aromatic N) is 1. The first-order valence-corrected chi connectivity index (χ1v) is 7.87. The third-order valence-corrected chi connectivity index (χ3v) is 4.39. The minimum absolute atomic E-state index is 0.201. The molecule has 2 aromatic carbocycles. The summed E-state index contributed by atoms with van der Waals surface area (Å²) in [5.74, 6) is -3.95. The highest BCUT2D eigenvalue weighted by molar-refractivity contribution is 6.05. The predicted octanol–water partition coefficient (Wildman–Crippen LogP) is 2.81. The first kappa shape index (κ1) is 17.8. The van der Waals surface area contributed by atoms with Gasteiger partial charge in [0, 0.05) is 36.9 Å². The number of benzene rings is 2. The van der Waals surface area contributed by atoms with Gasteiger partial charge in [-0.05, 0) is 25.1 Å². The minimum Gasteiger partial charge on any atom is -0.361 e. The van der Waals surface area contributed by atoms with Crippen LogP contribution in [0.1, 0.15) is 22.8 Å². The van der Waals surface area contributed by atoms with Gasteiger partial charge in [0.05, 0.1) is 11.4 Å². The monoisotopic (exact) mass is 363 g/mol. The molecule has 0 fully saturated rings. The Morgan fingerprint density at radius 2 is 1.85 bits per heavy atom. The number of likely N-dealkylation sites (N-methyl/N-ethyl adjacent to an activating group) is 1. The number of halogens is 3. The van der Waals surface area contributed by atoms with Crippen molar-refractivity contribution in [2.75, 3.05) is 17.3 Å². The minimum atomic E-state index is -1.07. The molecule has 2 amide bonds. The van der Waals surface area contributed by atoms with Gasteiger partial charge in [0.2, 0.25) is 5.91 Å². The Hall–Kier alpha value is -3.03. The Morgan fingerprint density at radius 1 is 1.19 bits per heavy atom. The van der Waals surface area contributed by atoms with E-state index in [1.54, 1.807) is 31.0 Å². The third-order valence-electron chi connectivity index (χ3n) is 4.39. The zero-order chi connectivity index (χ0) is 19.0. The molecule has 1 heterocycles. The number of hydrogen-bond acceptors (Lipinski definition) is 3. The quantitative estimate of drug-likeness (QED) is 0.882. The van der Waals surface area contributed by atoms with E-state index in [0.29, 0.717) is 17.8 Å². The van der Waals surface area contributed by atoms with E-state index in [1.807, 2.05) is 0 Å². The SMILES string of the molecule is CC1C(=O)Nc2cc(C(=O)NCc3c(F)cc(F)cc3F)ccc2N1C. The Kier molecular flexibility index (Phi) is 4.58. The third kappa shape index (κ3) is 3.22. The first-order chi connectivity index (χ1) is 12.3. The summed E-state index contributed by atoms with van der Waals surface area (Å²) in [5, 5.41) is 5.10. The van der Waals surface area contributed by atoms with Gasteiger partial charge in [0.25, 0.3) is 5.91 Å². The average molecular weight is 363 g/mol. The number of carbonyl (C=O) groups excluding carboxylic acids is 2. The van der Waals surface area contributed by atoms with Gasteiger partial charge in [-0.25, -0.2) is 13.2 Å². The summed E-state index contributed by atoms with van der Waals surface area (Å²) in [4.78, 5) is 25.9. The molecule has 1 atom stereocenters. The largest absolute Gasteiger partial charge is 0.361 e. The second-order valence-corrected chi connectivity index (χ2v) is 6.04. The summed E-state index contributed by atoms with van der Waals surface area (Å²) in [6.07, 6.45) is 0. The molecule has 2 N–H and O–H groups in total. The van der Waals surface area contributed by atoms with Crippen molar-refractivity contribution in [1.82, 2.24) is 5.32 Å². The Balaban J connectivity index is 1.78. The highest BCUT2D eigenvalue weighted by Crippen LogP contribution is 2.31. The fraction of sp³-hybridized carbons (Fsp3) is 0.222. The lowest BCUT2D eigenvalue weighted by Gasteiger charge is -2.33. The van der Waals surface area contributed by atoms with Crippen LogP contribution >= 0.6 is 0 Å². The number of fused-ring (bicyclic) bond motifs is 1. The summed E-state index contributed by atoms with van der Waals surface area (Å²) in [5.41, 5.74) is 1.01. The second-order valence-electron chi connectivity index (χ2n) is 6.04. The van der Waals surface area contributed by atoms with Crippen LogP contribution in [0.5, 0.6) is 0 Å². The number of anilines is 2. The molecule has 1 unspecified atom stereocenters. The van der Waals surface area contributed by atoms with E-state index in [-0.39, 0.29) is 17.5 Å². The molecule has 1 aliphatic heterocycles. The predicted molar refractivity (Wildman–Crippen MR) is 90.4 cm³/mol. The summed E-state index contributed by atoms with van der Waals surface area (Å²) in [6, 6.07) is 5.48. The van der Waals surface area contributed by atoms with Crippen molar-refractivity contribution in [1.29, 1.82) is 0 Å². The van der Waals surface area contributed by atoms with E-state index in [1.165, 1.54) is 6.07 Å². The van der Waals surface area contributed by atoms with E-state index in [9.17, 15) is 22.8 Å². The van der Waals surface area contributed by atoms with Crippen molar-refractivity contribution < 1.29 is 22.8 Å². The average Bonchev–Trinajstić information content (AvgIpc) is 2.58. The van der Waals surface area contributed by atoms with E-state index in [4.69, 9.17) is 0 Å². The van der Waals surface area contributed by atoms with Crippen LogP contribution in [0.4, 0.5) is 24.5 Å². The molecule has 0 aromatic heterocycles. The highest BCUT2D eigenvalue weighted by atomic mass is 19.1. The van der Waals surface area contributed by atoms with Gasteiger partial charge in [-0.3, -0.25) is 9.59 Å². The van der Waals surface area contributed by atoms with Crippen molar-refractivity contribution in [2.45, 2.75) is 19.5 Å². The Morgan fingerprint density at radius 3 is 2.50 bits per heavy atom. The fourth-order valence-corrected chi connectivity index (χ4v) is 2.72. The topological polar surface area (TPSA) is 61.4 Å². The van der Waals surface area contributed by atoms with Crippen LogP contribution < -0.4 is 15.5 Å². The van der Waals surface area contributed by atoms with Crippen molar-refractivity contribution in [3.8, 4) is 0 Å². The van der Waals surface area contributed by atoms with Gasteiger partial charge in [-0.2, -0.15) is 0 Å². The maximum atomic E-state index is 13.6. The zero-order valence-electron chi connectivity index (χ0n) is 14.1. The smallest absolute Gasteiger partial charge is 0.251 e. The lowest BCUT2D eigenvalue weighted by molar-refractivity contribution is -0.117. The van der Waals surface area contributed by atoms with Crippen molar-refractivity contribution in [3.63, 3.8) is 0 Å². The highest BCUT2D eigenvalue weighted by Gasteiger charge is 2.27. The maximum absolute atomic E-state index is 13.6.